The second-order valence-electron chi connectivity index (χ2n) is 8.02. The summed E-state index contributed by atoms with van der Waals surface area (Å²) >= 11 is 0. The van der Waals surface area contributed by atoms with Crippen LogP contribution in [0.15, 0.2) is 42.5 Å². The average Bonchev–Trinajstić information content (AvgIpc) is 2.67. The Bertz CT molecular complexity index is 912. The second kappa shape index (κ2) is 6.08. The molecule has 5 heteroatoms. The lowest BCUT2D eigenvalue weighted by Gasteiger charge is -2.60. The van der Waals surface area contributed by atoms with Crippen LogP contribution in [0, 0.1) is 0 Å². The van der Waals surface area contributed by atoms with Crippen LogP contribution in [0.5, 0.6) is 5.75 Å². The SMILES string of the molecule is COc1ccc2c(c1)C1(C)CCN(C)C(C2)C1(O)c1cccc(C(N)=O)c1. The van der Waals surface area contributed by atoms with Crippen molar-refractivity contribution in [3.8, 4) is 5.75 Å². The van der Waals surface area contributed by atoms with Crippen molar-refractivity contribution >= 4 is 5.91 Å². The molecule has 0 saturated carbocycles. The van der Waals surface area contributed by atoms with Gasteiger partial charge in [-0.2, -0.15) is 0 Å². The topological polar surface area (TPSA) is 75.8 Å². The summed E-state index contributed by atoms with van der Waals surface area (Å²) < 4.78 is 5.46. The van der Waals surface area contributed by atoms with Gasteiger partial charge in [0, 0.05) is 17.0 Å². The van der Waals surface area contributed by atoms with E-state index < -0.39 is 16.9 Å². The van der Waals surface area contributed by atoms with E-state index >= 15 is 0 Å². The summed E-state index contributed by atoms with van der Waals surface area (Å²) in [5, 5.41) is 12.2. The smallest absolute Gasteiger partial charge is 0.248 e. The molecular weight excluding hydrogens is 340 g/mol. The zero-order valence-electron chi connectivity index (χ0n) is 16.0. The van der Waals surface area contributed by atoms with Crippen LogP contribution >= 0.6 is 0 Å². The number of nitrogens with two attached hydrogens (primary N) is 1. The summed E-state index contributed by atoms with van der Waals surface area (Å²) in [6, 6.07) is 13.2. The van der Waals surface area contributed by atoms with Gasteiger partial charge in [0.15, 0.2) is 0 Å². The minimum absolute atomic E-state index is 0.0831. The molecule has 3 unspecified atom stereocenters. The number of methoxy groups -OCH3 is 1. The zero-order chi connectivity index (χ0) is 19.4. The minimum Gasteiger partial charge on any atom is -0.497 e. The first-order chi connectivity index (χ1) is 12.8. The van der Waals surface area contributed by atoms with Gasteiger partial charge in [0.05, 0.1) is 7.11 Å². The molecule has 27 heavy (non-hydrogen) atoms. The first kappa shape index (κ1) is 18.0. The number of hydrogen-bond acceptors (Lipinski definition) is 4. The molecular formula is C22H26N2O3. The van der Waals surface area contributed by atoms with Crippen LogP contribution in [-0.4, -0.2) is 42.7 Å². The zero-order valence-corrected chi connectivity index (χ0v) is 16.0. The molecule has 142 valence electrons. The summed E-state index contributed by atoms with van der Waals surface area (Å²) in [6.45, 7) is 3.02. The third-order valence-electron chi connectivity index (χ3n) is 6.73. The van der Waals surface area contributed by atoms with Crippen LogP contribution in [-0.2, 0) is 17.4 Å². The van der Waals surface area contributed by atoms with Gasteiger partial charge in [0.1, 0.15) is 11.4 Å². The van der Waals surface area contributed by atoms with Crippen LogP contribution in [0.1, 0.15) is 40.4 Å². The van der Waals surface area contributed by atoms with E-state index in [2.05, 4.69) is 31.0 Å². The first-order valence-corrected chi connectivity index (χ1v) is 9.31. The van der Waals surface area contributed by atoms with Crippen molar-refractivity contribution in [2.45, 2.75) is 36.8 Å². The summed E-state index contributed by atoms with van der Waals surface area (Å²) in [5.41, 5.74) is 7.39. The van der Waals surface area contributed by atoms with Gasteiger partial charge in [-0.1, -0.05) is 25.1 Å². The third kappa shape index (κ3) is 2.42. The maximum Gasteiger partial charge on any atom is 0.248 e. The number of rotatable bonds is 3. The predicted octanol–water partition coefficient (Wildman–Crippen LogP) is 2.20. The number of benzene rings is 2. The van der Waals surface area contributed by atoms with E-state index in [1.807, 2.05) is 12.1 Å². The molecule has 2 aliphatic rings. The van der Waals surface area contributed by atoms with E-state index in [1.165, 1.54) is 5.56 Å². The van der Waals surface area contributed by atoms with E-state index in [1.54, 1.807) is 25.3 Å². The Balaban J connectivity index is 1.96. The van der Waals surface area contributed by atoms with Crippen molar-refractivity contribution in [2.75, 3.05) is 20.7 Å². The number of nitrogens with zero attached hydrogens (tertiary/aromatic N) is 1. The summed E-state index contributed by atoms with van der Waals surface area (Å²) in [7, 11) is 3.72. The molecule has 1 saturated heterocycles. The maximum atomic E-state index is 12.2. The van der Waals surface area contributed by atoms with Crippen molar-refractivity contribution in [2.24, 2.45) is 5.73 Å². The molecule has 4 rings (SSSR count). The summed E-state index contributed by atoms with van der Waals surface area (Å²) in [4.78, 5) is 14.0. The molecule has 5 nitrogen and oxygen atoms in total. The molecule has 1 heterocycles. The molecule has 2 aromatic carbocycles. The Labute approximate surface area is 159 Å². The molecule has 0 aromatic heterocycles. The van der Waals surface area contributed by atoms with E-state index in [4.69, 9.17) is 10.5 Å². The van der Waals surface area contributed by atoms with Crippen LogP contribution in [0.25, 0.3) is 0 Å². The fourth-order valence-electron chi connectivity index (χ4n) is 5.08. The van der Waals surface area contributed by atoms with Crippen LogP contribution < -0.4 is 10.5 Å². The number of likely N-dealkylation sites (tertiary alicyclic amines) is 1. The largest absolute Gasteiger partial charge is 0.497 e. The van der Waals surface area contributed by atoms with Gasteiger partial charge >= 0.3 is 0 Å². The molecule has 0 radical (unpaired) electrons. The standard InChI is InChI=1S/C22H26N2O3/c1-21-9-10-24(2)19(12-14-7-8-17(27-3)13-18(14)21)22(21,26)16-6-4-5-15(11-16)20(23)25/h4-8,11,13,19,26H,9-10,12H2,1-3H3,(H2,23,25). The normalized spacial score (nSPS) is 29.9. The molecule has 3 N–H and O–H groups in total. The number of carbonyl (C=O) groups is 1. The number of fused-ring (bicyclic) bond motifs is 4. The van der Waals surface area contributed by atoms with Crippen LogP contribution in [0.2, 0.25) is 0 Å². The lowest BCUT2D eigenvalue weighted by atomic mass is 9.53. The summed E-state index contributed by atoms with van der Waals surface area (Å²) in [6.07, 6.45) is 1.54. The Hall–Kier alpha value is -2.37. The molecule has 0 spiro atoms. The fraction of sp³-hybridized carbons (Fsp3) is 0.409. The molecule has 3 atom stereocenters. The molecule has 1 fully saturated rings. The van der Waals surface area contributed by atoms with Gasteiger partial charge in [-0.15, -0.1) is 0 Å². The number of hydrogen-bond donors (Lipinski definition) is 2. The fourth-order valence-corrected chi connectivity index (χ4v) is 5.08. The highest BCUT2D eigenvalue weighted by Gasteiger charge is 2.60. The Morgan fingerprint density at radius 2 is 2.07 bits per heavy atom. The first-order valence-electron chi connectivity index (χ1n) is 9.31. The number of likely N-dealkylation sites (N-methyl/N-ethyl adjacent to an activating group) is 1. The average molecular weight is 366 g/mol. The van der Waals surface area contributed by atoms with Gasteiger partial charge in [-0.3, -0.25) is 9.69 Å². The number of amides is 1. The number of piperidine rings is 1. The number of ether oxygens (including phenoxy) is 1. The van der Waals surface area contributed by atoms with Crippen LogP contribution in [0.4, 0.5) is 0 Å². The monoisotopic (exact) mass is 366 g/mol. The van der Waals surface area contributed by atoms with Gasteiger partial charge in [-0.25, -0.2) is 0 Å². The lowest BCUT2D eigenvalue weighted by Crippen LogP contribution is -2.67. The van der Waals surface area contributed by atoms with Crippen LogP contribution in [0.3, 0.4) is 0 Å². The molecule has 2 aromatic rings. The van der Waals surface area contributed by atoms with Crippen molar-refractivity contribution < 1.29 is 14.6 Å². The highest BCUT2D eigenvalue weighted by atomic mass is 16.5. The second-order valence-corrected chi connectivity index (χ2v) is 8.02. The Morgan fingerprint density at radius 1 is 1.30 bits per heavy atom. The molecule has 2 bridgehead atoms. The van der Waals surface area contributed by atoms with E-state index in [0.717, 1.165) is 36.3 Å². The van der Waals surface area contributed by atoms with E-state index in [9.17, 15) is 9.90 Å². The van der Waals surface area contributed by atoms with Gasteiger partial charge in [0.2, 0.25) is 5.91 Å². The van der Waals surface area contributed by atoms with Gasteiger partial charge < -0.3 is 15.6 Å². The Kier molecular flexibility index (Phi) is 4.05. The van der Waals surface area contributed by atoms with Crippen molar-refractivity contribution in [1.29, 1.82) is 0 Å². The minimum atomic E-state index is -1.13. The quantitative estimate of drug-likeness (QED) is 0.873. The van der Waals surface area contributed by atoms with Gasteiger partial charge in [0.25, 0.3) is 0 Å². The number of aliphatic hydroxyl groups is 1. The number of primary amides is 1. The van der Waals surface area contributed by atoms with E-state index in [0.29, 0.717) is 5.56 Å². The van der Waals surface area contributed by atoms with Crippen molar-refractivity contribution in [3.05, 3.63) is 64.7 Å². The molecule has 1 amide bonds. The summed E-state index contributed by atoms with van der Waals surface area (Å²) in [5.74, 6) is 0.308. The third-order valence-corrected chi connectivity index (χ3v) is 6.73. The van der Waals surface area contributed by atoms with E-state index in [-0.39, 0.29) is 6.04 Å². The van der Waals surface area contributed by atoms with Crippen molar-refractivity contribution in [3.63, 3.8) is 0 Å². The molecule has 1 aliphatic heterocycles. The maximum absolute atomic E-state index is 12.2. The predicted molar refractivity (Wildman–Crippen MR) is 104 cm³/mol. The highest BCUT2D eigenvalue weighted by Crippen LogP contribution is 2.56. The van der Waals surface area contributed by atoms with Gasteiger partial charge in [-0.05, 0) is 67.4 Å². The highest BCUT2D eigenvalue weighted by molar-refractivity contribution is 5.93. The molecule has 1 aliphatic carbocycles. The lowest BCUT2D eigenvalue weighted by molar-refractivity contribution is -0.141. The Morgan fingerprint density at radius 3 is 2.78 bits per heavy atom. The van der Waals surface area contributed by atoms with Crippen molar-refractivity contribution in [1.82, 2.24) is 4.90 Å². The number of carbonyl (C=O) groups excluding carboxylic acids is 1.